The van der Waals surface area contributed by atoms with Crippen LogP contribution < -0.4 is 10.6 Å². The summed E-state index contributed by atoms with van der Waals surface area (Å²) in [5.74, 6) is 0.502. The van der Waals surface area contributed by atoms with Gasteiger partial charge in [-0.15, -0.1) is 0 Å². The molecule has 1 aliphatic heterocycles. The summed E-state index contributed by atoms with van der Waals surface area (Å²) in [5, 5.41) is 6.96. The second-order valence-corrected chi connectivity index (χ2v) is 6.83. The molecule has 0 spiro atoms. The molecule has 3 rings (SSSR count). The Labute approximate surface area is 152 Å². The van der Waals surface area contributed by atoms with E-state index in [0.29, 0.717) is 24.9 Å². The first kappa shape index (κ1) is 17.8. The van der Waals surface area contributed by atoms with Crippen molar-refractivity contribution >= 4 is 23.1 Å². The van der Waals surface area contributed by atoms with E-state index in [2.05, 4.69) is 15.6 Å². The molecule has 0 amide bonds. The smallest absolute Gasteiger partial charge is 0.171 e. The number of aryl methyl sites for hydroxylation is 1. The molecule has 1 aromatic carbocycles. The molecule has 1 aromatic heterocycles. The minimum Gasteiger partial charge on any atom is -0.381 e. The topological polar surface area (TPSA) is 46.2 Å². The number of nitrogens with one attached hydrogen (secondary N) is 2. The zero-order valence-corrected chi connectivity index (χ0v) is 15.0. The fraction of sp³-hybridized carbons (Fsp3) is 0.368. The van der Waals surface area contributed by atoms with Gasteiger partial charge in [-0.25, -0.2) is 9.37 Å². The number of hydrogen-bond donors (Lipinski definition) is 2. The van der Waals surface area contributed by atoms with Gasteiger partial charge in [-0.1, -0.05) is 12.1 Å². The first-order valence-corrected chi connectivity index (χ1v) is 8.80. The molecular formula is C19H22FN3OS. The molecule has 2 heterocycles. The van der Waals surface area contributed by atoms with Crippen LogP contribution in [-0.2, 0) is 10.2 Å². The Morgan fingerprint density at radius 3 is 2.64 bits per heavy atom. The first-order chi connectivity index (χ1) is 12.1. The van der Waals surface area contributed by atoms with Gasteiger partial charge in [0.25, 0.3) is 0 Å². The van der Waals surface area contributed by atoms with Crippen molar-refractivity contribution in [1.29, 1.82) is 0 Å². The molecule has 1 saturated heterocycles. The van der Waals surface area contributed by atoms with Crippen molar-refractivity contribution in [1.82, 2.24) is 10.3 Å². The standard InChI is InChI=1S/C19H22FN3OS/c1-14-6-9-21-17(12-14)23-18(25)22-13-19(7-10-24-11-8-19)15-2-4-16(20)5-3-15/h2-6,9,12H,7-8,10-11,13H2,1H3,(H2,21,22,23,25). The molecule has 6 heteroatoms. The Balaban J connectivity index is 1.68. The van der Waals surface area contributed by atoms with Crippen LogP contribution in [0.25, 0.3) is 0 Å². The lowest BCUT2D eigenvalue weighted by atomic mass is 9.74. The van der Waals surface area contributed by atoms with E-state index in [0.717, 1.165) is 29.8 Å². The van der Waals surface area contributed by atoms with Gasteiger partial charge in [0.1, 0.15) is 11.6 Å². The van der Waals surface area contributed by atoms with Gasteiger partial charge in [-0.05, 0) is 67.4 Å². The molecule has 1 aliphatic rings. The van der Waals surface area contributed by atoms with E-state index in [-0.39, 0.29) is 11.2 Å². The largest absolute Gasteiger partial charge is 0.381 e. The van der Waals surface area contributed by atoms with Gasteiger partial charge >= 0.3 is 0 Å². The highest BCUT2D eigenvalue weighted by molar-refractivity contribution is 7.80. The van der Waals surface area contributed by atoms with Gasteiger partial charge in [-0.3, -0.25) is 0 Å². The summed E-state index contributed by atoms with van der Waals surface area (Å²) in [6, 6.07) is 10.6. The van der Waals surface area contributed by atoms with Gasteiger partial charge in [-0.2, -0.15) is 0 Å². The van der Waals surface area contributed by atoms with E-state index in [1.54, 1.807) is 6.20 Å². The maximum absolute atomic E-state index is 13.3. The molecule has 4 nitrogen and oxygen atoms in total. The summed E-state index contributed by atoms with van der Waals surface area (Å²) in [6.45, 7) is 4.06. The quantitative estimate of drug-likeness (QED) is 0.818. The zero-order valence-electron chi connectivity index (χ0n) is 14.2. The normalized spacial score (nSPS) is 16.2. The van der Waals surface area contributed by atoms with Crippen LogP contribution in [0.15, 0.2) is 42.6 Å². The number of anilines is 1. The molecular weight excluding hydrogens is 337 g/mol. The lowest BCUT2D eigenvalue weighted by Gasteiger charge is -2.38. The van der Waals surface area contributed by atoms with Crippen LogP contribution >= 0.6 is 12.2 Å². The Hall–Kier alpha value is -2.05. The van der Waals surface area contributed by atoms with Crippen molar-refractivity contribution in [2.24, 2.45) is 0 Å². The molecule has 25 heavy (non-hydrogen) atoms. The Kier molecular flexibility index (Phi) is 5.60. The van der Waals surface area contributed by atoms with E-state index in [9.17, 15) is 4.39 Å². The van der Waals surface area contributed by atoms with E-state index in [4.69, 9.17) is 17.0 Å². The van der Waals surface area contributed by atoms with Crippen molar-refractivity contribution in [2.75, 3.05) is 25.1 Å². The van der Waals surface area contributed by atoms with Crippen LogP contribution in [0.3, 0.4) is 0 Å². The number of aromatic nitrogens is 1. The summed E-state index contributed by atoms with van der Waals surface area (Å²) in [5.41, 5.74) is 2.12. The molecule has 0 atom stereocenters. The summed E-state index contributed by atoms with van der Waals surface area (Å²) in [4.78, 5) is 4.26. The number of rotatable bonds is 4. The second kappa shape index (κ2) is 7.89. The third-order valence-corrected chi connectivity index (χ3v) is 4.90. The molecule has 0 aliphatic carbocycles. The Bertz CT molecular complexity index is 730. The predicted octanol–water partition coefficient (Wildman–Crippen LogP) is 3.56. The first-order valence-electron chi connectivity index (χ1n) is 8.39. The average Bonchev–Trinajstić information content (AvgIpc) is 2.61. The Morgan fingerprint density at radius 2 is 1.96 bits per heavy atom. The van der Waals surface area contributed by atoms with Crippen molar-refractivity contribution in [2.45, 2.75) is 25.2 Å². The average molecular weight is 359 g/mol. The number of ether oxygens (including phenoxy) is 1. The molecule has 0 unspecified atom stereocenters. The molecule has 132 valence electrons. The summed E-state index contributed by atoms with van der Waals surface area (Å²) < 4.78 is 18.8. The van der Waals surface area contributed by atoms with E-state index >= 15 is 0 Å². The summed E-state index contributed by atoms with van der Waals surface area (Å²) in [7, 11) is 0. The third-order valence-electron chi connectivity index (χ3n) is 4.65. The maximum atomic E-state index is 13.3. The minimum absolute atomic E-state index is 0.113. The summed E-state index contributed by atoms with van der Waals surface area (Å²) >= 11 is 5.41. The van der Waals surface area contributed by atoms with Crippen LogP contribution in [0.2, 0.25) is 0 Å². The predicted molar refractivity (Wildman–Crippen MR) is 101 cm³/mol. The number of nitrogens with zero attached hydrogens (tertiary/aromatic N) is 1. The second-order valence-electron chi connectivity index (χ2n) is 6.43. The Morgan fingerprint density at radius 1 is 1.24 bits per heavy atom. The lowest BCUT2D eigenvalue weighted by molar-refractivity contribution is 0.0515. The number of pyridine rings is 1. The van der Waals surface area contributed by atoms with Crippen molar-refractivity contribution in [3.05, 3.63) is 59.5 Å². The highest BCUT2D eigenvalue weighted by atomic mass is 32.1. The molecule has 0 radical (unpaired) electrons. The van der Waals surface area contributed by atoms with Crippen LogP contribution in [0, 0.1) is 12.7 Å². The van der Waals surface area contributed by atoms with Gasteiger partial charge in [0.2, 0.25) is 0 Å². The van der Waals surface area contributed by atoms with Crippen LogP contribution in [0.1, 0.15) is 24.0 Å². The highest BCUT2D eigenvalue weighted by Gasteiger charge is 2.34. The lowest BCUT2D eigenvalue weighted by Crippen LogP contribution is -2.45. The van der Waals surface area contributed by atoms with Crippen molar-refractivity contribution in [3.63, 3.8) is 0 Å². The van der Waals surface area contributed by atoms with Crippen LogP contribution in [0.5, 0.6) is 0 Å². The van der Waals surface area contributed by atoms with E-state index < -0.39 is 0 Å². The number of benzene rings is 1. The van der Waals surface area contributed by atoms with Gasteiger partial charge < -0.3 is 15.4 Å². The van der Waals surface area contributed by atoms with E-state index in [1.807, 2.05) is 31.2 Å². The summed E-state index contributed by atoms with van der Waals surface area (Å²) in [6.07, 6.45) is 3.49. The number of thiocarbonyl (C=S) groups is 1. The van der Waals surface area contributed by atoms with Gasteiger partial charge in [0, 0.05) is 31.4 Å². The molecule has 2 aromatic rings. The van der Waals surface area contributed by atoms with Gasteiger partial charge in [0.15, 0.2) is 5.11 Å². The fourth-order valence-electron chi connectivity index (χ4n) is 3.15. The van der Waals surface area contributed by atoms with E-state index in [1.165, 1.54) is 12.1 Å². The molecule has 2 N–H and O–H groups in total. The SMILES string of the molecule is Cc1ccnc(NC(=S)NCC2(c3ccc(F)cc3)CCOCC2)c1. The third kappa shape index (κ3) is 4.52. The van der Waals surface area contributed by atoms with Gasteiger partial charge in [0.05, 0.1) is 0 Å². The minimum atomic E-state index is -0.221. The molecule has 1 fully saturated rings. The monoisotopic (exact) mass is 359 g/mol. The number of halogens is 1. The molecule has 0 bridgehead atoms. The van der Waals surface area contributed by atoms with Crippen molar-refractivity contribution in [3.8, 4) is 0 Å². The molecule has 0 saturated carbocycles. The van der Waals surface area contributed by atoms with Crippen LogP contribution in [-0.4, -0.2) is 29.9 Å². The number of hydrogen-bond acceptors (Lipinski definition) is 3. The highest BCUT2D eigenvalue weighted by Crippen LogP contribution is 2.34. The fourth-order valence-corrected chi connectivity index (χ4v) is 3.32. The van der Waals surface area contributed by atoms with Crippen LogP contribution in [0.4, 0.5) is 10.2 Å². The maximum Gasteiger partial charge on any atom is 0.171 e. The van der Waals surface area contributed by atoms with Crippen molar-refractivity contribution < 1.29 is 9.13 Å². The zero-order chi connectivity index (χ0) is 17.7.